The Morgan fingerprint density at radius 1 is 1.14 bits per heavy atom. The molecule has 6 rings (SSSR count). The van der Waals surface area contributed by atoms with Crippen LogP contribution in [0.1, 0.15) is 16.1 Å². The zero-order chi connectivity index (χ0) is 24.2. The maximum absolute atomic E-state index is 13.3. The third-order valence-corrected chi connectivity index (χ3v) is 7.23. The largest absolute Gasteiger partial charge is 0.494 e. The Hall–Kier alpha value is -3.41. The minimum Gasteiger partial charge on any atom is -0.494 e. The number of aromatic nitrogens is 5. The van der Waals surface area contributed by atoms with Gasteiger partial charge in [0.05, 0.1) is 43.7 Å². The van der Waals surface area contributed by atoms with Gasteiger partial charge in [-0.15, -0.1) is 0 Å². The normalized spacial score (nSPS) is 16.1. The molecular formula is C23H20ClN7O3S. The van der Waals surface area contributed by atoms with Gasteiger partial charge in [-0.1, -0.05) is 22.9 Å². The van der Waals surface area contributed by atoms with Crippen LogP contribution >= 0.6 is 22.9 Å². The molecule has 2 aliphatic rings. The Labute approximate surface area is 209 Å². The number of anilines is 2. The molecule has 4 aromatic heterocycles. The lowest BCUT2D eigenvalue weighted by molar-refractivity contribution is -0.127. The number of hydrogen-bond acceptors (Lipinski definition) is 10. The highest BCUT2D eigenvalue weighted by Gasteiger charge is 2.49. The molecular weight excluding hydrogens is 490 g/mol. The molecule has 2 fully saturated rings. The number of amides is 1. The number of fused-ring (bicyclic) bond motifs is 1. The van der Waals surface area contributed by atoms with Gasteiger partial charge >= 0.3 is 0 Å². The van der Waals surface area contributed by atoms with Gasteiger partial charge in [0.15, 0.2) is 9.96 Å². The van der Waals surface area contributed by atoms with Gasteiger partial charge in [-0.05, 0) is 19.1 Å². The van der Waals surface area contributed by atoms with Crippen molar-refractivity contribution in [2.45, 2.75) is 6.92 Å². The Kier molecular flexibility index (Phi) is 5.28. The first-order valence-corrected chi connectivity index (χ1v) is 12.1. The summed E-state index contributed by atoms with van der Waals surface area (Å²) in [5, 5.41) is 3.60. The number of carbonyl (C=O) groups is 1. The molecule has 0 aliphatic carbocycles. The van der Waals surface area contributed by atoms with E-state index in [2.05, 4.69) is 35.1 Å². The second-order valence-corrected chi connectivity index (χ2v) is 10.1. The standard InChI is InChI=1S/C23H20ClN7O3S/c1-12-3-13(14-4-18(24)26-7-17(14)33-2)15(5-25-12)19(32)29-22-28-16-6-27-21(30-20(16)35-22)31-8-23(9-31)10-34-11-23/h3-7H,8-11H2,1-2H3,(H,28,29,32). The van der Waals surface area contributed by atoms with Gasteiger partial charge in [-0.2, -0.15) is 4.98 Å². The molecule has 0 atom stereocenters. The lowest BCUT2D eigenvalue weighted by atomic mass is 9.78. The van der Waals surface area contributed by atoms with Crippen molar-refractivity contribution in [2.75, 3.05) is 43.6 Å². The zero-order valence-electron chi connectivity index (χ0n) is 18.9. The number of pyridine rings is 2. The first-order chi connectivity index (χ1) is 16.9. The fourth-order valence-electron chi connectivity index (χ4n) is 4.33. The fraction of sp³-hybridized carbons (Fsp3) is 0.304. The zero-order valence-corrected chi connectivity index (χ0v) is 20.5. The van der Waals surface area contributed by atoms with Crippen molar-refractivity contribution >= 4 is 50.3 Å². The molecule has 1 N–H and O–H groups in total. The molecule has 178 valence electrons. The van der Waals surface area contributed by atoms with E-state index in [1.54, 1.807) is 19.4 Å². The van der Waals surface area contributed by atoms with Crippen molar-refractivity contribution < 1.29 is 14.3 Å². The molecule has 2 saturated heterocycles. The Morgan fingerprint density at radius 2 is 1.97 bits per heavy atom. The SMILES string of the molecule is COc1cnc(Cl)cc1-c1cc(C)ncc1C(=O)Nc1nc2cnc(N3CC4(COC4)C3)nc2s1. The van der Waals surface area contributed by atoms with Crippen LogP contribution in [0.2, 0.25) is 5.15 Å². The molecule has 12 heteroatoms. The molecule has 0 bridgehead atoms. The quantitative estimate of drug-likeness (QED) is 0.403. The summed E-state index contributed by atoms with van der Waals surface area (Å²) in [6.45, 7) is 5.24. The van der Waals surface area contributed by atoms with E-state index in [-0.39, 0.29) is 11.3 Å². The van der Waals surface area contributed by atoms with Crippen molar-refractivity contribution in [3.63, 3.8) is 0 Å². The van der Waals surface area contributed by atoms with Gasteiger partial charge in [0.2, 0.25) is 5.95 Å². The number of carbonyl (C=O) groups excluding carboxylic acids is 1. The van der Waals surface area contributed by atoms with Gasteiger partial charge in [0.25, 0.3) is 5.91 Å². The number of rotatable bonds is 5. The van der Waals surface area contributed by atoms with E-state index in [1.807, 2.05) is 13.0 Å². The fourth-order valence-corrected chi connectivity index (χ4v) is 5.29. The van der Waals surface area contributed by atoms with Crippen molar-refractivity contribution in [1.29, 1.82) is 0 Å². The predicted molar refractivity (Wildman–Crippen MR) is 132 cm³/mol. The summed E-state index contributed by atoms with van der Waals surface area (Å²) in [4.78, 5) is 38.1. The molecule has 1 amide bonds. The van der Waals surface area contributed by atoms with E-state index in [4.69, 9.17) is 21.1 Å². The van der Waals surface area contributed by atoms with Crippen LogP contribution in [0.3, 0.4) is 0 Å². The number of nitrogens with zero attached hydrogens (tertiary/aromatic N) is 6. The molecule has 0 saturated carbocycles. The van der Waals surface area contributed by atoms with E-state index in [1.165, 1.54) is 23.7 Å². The summed E-state index contributed by atoms with van der Waals surface area (Å²) >= 11 is 7.43. The number of aryl methyl sites for hydroxylation is 1. The maximum atomic E-state index is 13.3. The number of thiazole rings is 1. The molecule has 10 nitrogen and oxygen atoms in total. The average Bonchev–Trinajstić information content (AvgIpc) is 3.18. The lowest BCUT2D eigenvalue weighted by Crippen LogP contribution is -2.66. The summed E-state index contributed by atoms with van der Waals surface area (Å²) in [6, 6.07) is 3.47. The highest BCUT2D eigenvalue weighted by Crippen LogP contribution is 2.40. The first-order valence-electron chi connectivity index (χ1n) is 10.9. The van der Waals surface area contributed by atoms with Crippen LogP contribution in [0.15, 0.2) is 30.7 Å². The van der Waals surface area contributed by atoms with Crippen molar-refractivity contribution in [1.82, 2.24) is 24.9 Å². The summed E-state index contributed by atoms with van der Waals surface area (Å²) in [5.74, 6) is 0.811. The van der Waals surface area contributed by atoms with Gasteiger partial charge in [-0.3, -0.25) is 15.1 Å². The van der Waals surface area contributed by atoms with Crippen LogP contribution < -0.4 is 15.0 Å². The summed E-state index contributed by atoms with van der Waals surface area (Å²) < 4.78 is 10.8. The average molecular weight is 510 g/mol. The molecule has 2 aliphatic heterocycles. The van der Waals surface area contributed by atoms with Crippen LogP contribution in [0.25, 0.3) is 21.5 Å². The third kappa shape index (κ3) is 3.95. The number of nitrogens with one attached hydrogen (secondary N) is 1. The molecule has 4 aromatic rings. The molecule has 35 heavy (non-hydrogen) atoms. The molecule has 0 aromatic carbocycles. The Balaban J connectivity index is 1.27. The number of methoxy groups -OCH3 is 1. The minimum absolute atomic E-state index is 0.270. The topological polar surface area (TPSA) is 115 Å². The summed E-state index contributed by atoms with van der Waals surface area (Å²) in [7, 11) is 1.54. The summed E-state index contributed by atoms with van der Waals surface area (Å²) in [5.41, 5.74) is 3.28. The number of hydrogen-bond donors (Lipinski definition) is 1. The Morgan fingerprint density at radius 3 is 2.71 bits per heavy atom. The van der Waals surface area contributed by atoms with E-state index < -0.39 is 0 Å². The van der Waals surface area contributed by atoms with Gasteiger partial charge in [-0.25, -0.2) is 15.0 Å². The Bertz CT molecular complexity index is 1470. The van der Waals surface area contributed by atoms with Crippen LogP contribution in [-0.2, 0) is 4.74 Å². The molecule has 1 spiro atoms. The highest BCUT2D eigenvalue weighted by molar-refractivity contribution is 7.22. The van der Waals surface area contributed by atoms with E-state index in [0.717, 1.165) is 32.0 Å². The second kappa shape index (κ2) is 8.36. The van der Waals surface area contributed by atoms with Gasteiger partial charge in [0, 0.05) is 36.1 Å². The van der Waals surface area contributed by atoms with Gasteiger partial charge < -0.3 is 14.4 Å². The van der Waals surface area contributed by atoms with Crippen LogP contribution in [0.5, 0.6) is 5.75 Å². The highest BCUT2D eigenvalue weighted by atomic mass is 35.5. The van der Waals surface area contributed by atoms with Crippen LogP contribution in [0, 0.1) is 12.3 Å². The lowest BCUT2D eigenvalue weighted by Gasteiger charge is -2.54. The second-order valence-electron chi connectivity index (χ2n) is 8.76. The predicted octanol–water partition coefficient (Wildman–Crippen LogP) is 3.60. The molecule has 0 radical (unpaired) electrons. The monoisotopic (exact) mass is 509 g/mol. The van der Waals surface area contributed by atoms with E-state index in [0.29, 0.717) is 49.0 Å². The number of ether oxygens (including phenoxy) is 2. The van der Waals surface area contributed by atoms with Crippen molar-refractivity contribution in [3.8, 4) is 16.9 Å². The minimum atomic E-state index is -0.357. The molecule has 0 unspecified atom stereocenters. The first kappa shape index (κ1) is 22.1. The van der Waals surface area contributed by atoms with Crippen molar-refractivity contribution in [2.24, 2.45) is 5.41 Å². The molecule has 6 heterocycles. The van der Waals surface area contributed by atoms with Crippen LogP contribution in [0.4, 0.5) is 11.1 Å². The van der Waals surface area contributed by atoms with E-state index in [9.17, 15) is 4.79 Å². The maximum Gasteiger partial charge on any atom is 0.259 e. The van der Waals surface area contributed by atoms with Crippen molar-refractivity contribution in [3.05, 3.63) is 47.1 Å². The van der Waals surface area contributed by atoms with E-state index >= 15 is 0 Å². The summed E-state index contributed by atoms with van der Waals surface area (Å²) in [6.07, 6.45) is 4.74. The van der Waals surface area contributed by atoms with Crippen LogP contribution in [-0.4, -0.2) is 64.2 Å². The number of halogens is 1. The smallest absolute Gasteiger partial charge is 0.259 e. The van der Waals surface area contributed by atoms with Gasteiger partial charge in [0.1, 0.15) is 16.4 Å². The third-order valence-electron chi connectivity index (χ3n) is 6.14.